The van der Waals surface area contributed by atoms with E-state index in [1.807, 2.05) is 31.3 Å². The van der Waals surface area contributed by atoms with E-state index < -0.39 is 0 Å². The van der Waals surface area contributed by atoms with Gasteiger partial charge in [0.1, 0.15) is 0 Å². The van der Waals surface area contributed by atoms with Crippen molar-refractivity contribution in [3.05, 3.63) is 34.7 Å². The maximum absolute atomic E-state index is 11.8. The Kier molecular flexibility index (Phi) is 4.39. The molecule has 0 bridgehead atoms. The molecule has 1 atom stereocenters. The lowest BCUT2D eigenvalue weighted by atomic mass is 10.3. The minimum atomic E-state index is -0.319. The Morgan fingerprint density at radius 3 is 2.89 bits per heavy atom. The lowest BCUT2D eigenvalue weighted by Gasteiger charge is -2.18. The second-order valence-corrected chi connectivity index (χ2v) is 5.06. The molecule has 0 aliphatic heterocycles. The van der Waals surface area contributed by atoms with Gasteiger partial charge in [-0.1, -0.05) is 12.1 Å². The van der Waals surface area contributed by atoms with Gasteiger partial charge in [-0.25, -0.2) is 4.79 Å². The SMILES string of the molecule is CC(O)CN(C)CCCn1c(=O)[nH]c2ccccc21. The van der Waals surface area contributed by atoms with E-state index in [0.29, 0.717) is 13.1 Å². The molecule has 0 amide bonds. The molecule has 1 aromatic heterocycles. The number of hydrogen-bond acceptors (Lipinski definition) is 3. The van der Waals surface area contributed by atoms with E-state index in [1.54, 1.807) is 11.5 Å². The topological polar surface area (TPSA) is 61.3 Å². The Morgan fingerprint density at radius 2 is 2.16 bits per heavy atom. The van der Waals surface area contributed by atoms with Crippen LogP contribution in [0.1, 0.15) is 13.3 Å². The van der Waals surface area contributed by atoms with Gasteiger partial charge in [0, 0.05) is 13.1 Å². The molecule has 0 saturated heterocycles. The molecular formula is C14H21N3O2. The molecule has 1 aromatic carbocycles. The minimum Gasteiger partial charge on any atom is -0.392 e. The summed E-state index contributed by atoms with van der Waals surface area (Å²) >= 11 is 0. The Bertz CT molecular complexity index is 586. The molecule has 104 valence electrons. The average molecular weight is 263 g/mol. The van der Waals surface area contributed by atoms with Crippen LogP contribution < -0.4 is 5.69 Å². The summed E-state index contributed by atoms with van der Waals surface area (Å²) in [5, 5.41) is 9.29. The summed E-state index contributed by atoms with van der Waals surface area (Å²) in [5.41, 5.74) is 1.77. The fourth-order valence-electron chi connectivity index (χ4n) is 2.37. The Morgan fingerprint density at radius 1 is 1.42 bits per heavy atom. The molecule has 0 aliphatic carbocycles. The van der Waals surface area contributed by atoms with E-state index >= 15 is 0 Å². The number of fused-ring (bicyclic) bond motifs is 1. The number of aromatic amines is 1. The van der Waals surface area contributed by atoms with E-state index in [4.69, 9.17) is 0 Å². The number of aliphatic hydroxyl groups excluding tert-OH is 1. The van der Waals surface area contributed by atoms with Crippen LogP contribution in [0.5, 0.6) is 0 Å². The van der Waals surface area contributed by atoms with Gasteiger partial charge in [0.25, 0.3) is 0 Å². The highest BCUT2D eigenvalue weighted by molar-refractivity contribution is 5.74. The van der Waals surface area contributed by atoms with Crippen LogP contribution in [0.3, 0.4) is 0 Å². The maximum atomic E-state index is 11.8. The first kappa shape index (κ1) is 13.8. The van der Waals surface area contributed by atoms with E-state index in [-0.39, 0.29) is 11.8 Å². The third kappa shape index (κ3) is 3.45. The highest BCUT2D eigenvalue weighted by atomic mass is 16.3. The molecule has 1 unspecified atom stereocenters. The smallest absolute Gasteiger partial charge is 0.326 e. The number of H-pyrrole nitrogens is 1. The average Bonchev–Trinajstić information content (AvgIpc) is 2.65. The number of nitrogens with zero attached hydrogens (tertiary/aromatic N) is 2. The number of aromatic nitrogens is 2. The third-order valence-electron chi connectivity index (χ3n) is 3.18. The van der Waals surface area contributed by atoms with Gasteiger partial charge in [0.15, 0.2) is 0 Å². The number of para-hydroxylation sites is 2. The van der Waals surface area contributed by atoms with Gasteiger partial charge in [0.2, 0.25) is 0 Å². The van der Waals surface area contributed by atoms with Crippen molar-refractivity contribution in [3.8, 4) is 0 Å². The molecule has 2 aromatic rings. The zero-order chi connectivity index (χ0) is 13.8. The van der Waals surface area contributed by atoms with Crippen LogP contribution in [0.4, 0.5) is 0 Å². The van der Waals surface area contributed by atoms with Crippen LogP contribution in [-0.4, -0.2) is 45.8 Å². The summed E-state index contributed by atoms with van der Waals surface area (Å²) in [4.78, 5) is 16.8. The zero-order valence-corrected chi connectivity index (χ0v) is 11.5. The number of benzene rings is 1. The number of nitrogens with one attached hydrogen (secondary N) is 1. The standard InChI is InChI=1S/C14H21N3O2/c1-11(18)10-16(2)8-5-9-17-13-7-4-3-6-12(13)15-14(17)19/h3-4,6-7,11,18H,5,8-10H2,1-2H3,(H,15,19). The fraction of sp³-hybridized carbons (Fsp3) is 0.500. The van der Waals surface area contributed by atoms with Gasteiger partial charge < -0.3 is 15.0 Å². The number of aryl methyl sites for hydroxylation is 1. The van der Waals surface area contributed by atoms with Crippen molar-refractivity contribution in [1.29, 1.82) is 0 Å². The molecule has 0 aliphatic rings. The number of imidazole rings is 1. The van der Waals surface area contributed by atoms with Crippen LogP contribution in [0.2, 0.25) is 0 Å². The summed E-state index contributed by atoms with van der Waals surface area (Å²) in [6.45, 7) is 3.98. The molecule has 1 heterocycles. The summed E-state index contributed by atoms with van der Waals surface area (Å²) in [5.74, 6) is 0. The molecule has 2 rings (SSSR count). The first-order chi connectivity index (χ1) is 9.08. The lowest BCUT2D eigenvalue weighted by Crippen LogP contribution is -2.29. The van der Waals surface area contributed by atoms with Crippen LogP contribution in [-0.2, 0) is 6.54 Å². The molecule has 0 fully saturated rings. The number of aliphatic hydroxyl groups is 1. The third-order valence-corrected chi connectivity index (χ3v) is 3.18. The molecule has 0 saturated carbocycles. The van der Waals surface area contributed by atoms with E-state index in [2.05, 4.69) is 9.88 Å². The van der Waals surface area contributed by atoms with Gasteiger partial charge in [-0.05, 0) is 39.1 Å². The van der Waals surface area contributed by atoms with Crippen molar-refractivity contribution < 1.29 is 5.11 Å². The summed E-state index contributed by atoms with van der Waals surface area (Å²) in [6, 6.07) is 7.71. The summed E-state index contributed by atoms with van der Waals surface area (Å²) in [7, 11) is 1.98. The Labute approximate surface area is 112 Å². The molecule has 5 nitrogen and oxygen atoms in total. The van der Waals surface area contributed by atoms with Gasteiger partial charge in [-0.2, -0.15) is 0 Å². The van der Waals surface area contributed by atoms with Crippen LogP contribution in [0, 0.1) is 0 Å². The van der Waals surface area contributed by atoms with Gasteiger partial charge in [-0.15, -0.1) is 0 Å². The van der Waals surface area contributed by atoms with Gasteiger partial charge >= 0.3 is 5.69 Å². The first-order valence-corrected chi connectivity index (χ1v) is 6.62. The van der Waals surface area contributed by atoms with Crippen molar-refractivity contribution in [3.63, 3.8) is 0 Å². The van der Waals surface area contributed by atoms with E-state index in [9.17, 15) is 9.90 Å². The van der Waals surface area contributed by atoms with Crippen molar-refractivity contribution in [2.24, 2.45) is 0 Å². The second-order valence-electron chi connectivity index (χ2n) is 5.06. The van der Waals surface area contributed by atoms with Crippen LogP contribution >= 0.6 is 0 Å². The highest BCUT2D eigenvalue weighted by Crippen LogP contribution is 2.09. The van der Waals surface area contributed by atoms with Crippen molar-refractivity contribution in [2.45, 2.75) is 26.0 Å². The predicted molar refractivity (Wildman–Crippen MR) is 76.4 cm³/mol. The van der Waals surface area contributed by atoms with Crippen LogP contribution in [0.15, 0.2) is 29.1 Å². The zero-order valence-electron chi connectivity index (χ0n) is 11.5. The summed E-state index contributed by atoms with van der Waals surface area (Å²) < 4.78 is 1.77. The van der Waals surface area contributed by atoms with Crippen LogP contribution in [0.25, 0.3) is 11.0 Å². The quantitative estimate of drug-likeness (QED) is 0.818. The molecule has 2 N–H and O–H groups in total. The second kappa shape index (κ2) is 6.04. The van der Waals surface area contributed by atoms with Gasteiger partial charge in [-0.3, -0.25) is 4.57 Å². The van der Waals surface area contributed by atoms with E-state index in [0.717, 1.165) is 24.0 Å². The number of rotatable bonds is 6. The number of hydrogen-bond donors (Lipinski definition) is 2. The largest absolute Gasteiger partial charge is 0.392 e. The normalized spacial score (nSPS) is 13.3. The first-order valence-electron chi connectivity index (χ1n) is 6.62. The maximum Gasteiger partial charge on any atom is 0.326 e. The monoisotopic (exact) mass is 263 g/mol. The van der Waals surface area contributed by atoms with Crippen molar-refractivity contribution >= 4 is 11.0 Å². The van der Waals surface area contributed by atoms with E-state index in [1.165, 1.54) is 0 Å². The van der Waals surface area contributed by atoms with Crippen molar-refractivity contribution in [2.75, 3.05) is 20.1 Å². The van der Waals surface area contributed by atoms with Crippen molar-refractivity contribution in [1.82, 2.24) is 14.5 Å². The highest BCUT2D eigenvalue weighted by Gasteiger charge is 2.07. The lowest BCUT2D eigenvalue weighted by molar-refractivity contribution is 0.140. The minimum absolute atomic E-state index is 0.0561. The molecule has 0 radical (unpaired) electrons. The van der Waals surface area contributed by atoms with Gasteiger partial charge in [0.05, 0.1) is 17.1 Å². The molecular weight excluding hydrogens is 242 g/mol. The number of likely N-dealkylation sites (N-methyl/N-ethyl adjacent to an activating group) is 1. The summed E-state index contributed by atoms with van der Waals surface area (Å²) in [6.07, 6.45) is 0.561. The molecule has 0 spiro atoms. The molecule has 5 heteroatoms. The Hall–Kier alpha value is -1.59. The molecule has 19 heavy (non-hydrogen) atoms. The Balaban J connectivity index is 1.98. The fourth-order valence-corrected chi connectivity index (χ4v) is 2.37. The predicted octanol–water partition coefficient (Wildman–Crippen LogP) is 1.03.